The second-order valence-corrected chi connectivity index (χ2v) is 11.9. The lowest BCUT2D eigenvalue weighted by Crippen LogP contribution is -2.41. The van der Waals surface area contributed by atoms with Crippen LogP contribution >= 0.6 is 0 Å². The van der Waals surface area contributed by atoms with E-state index in [4.69, 9.17) is 4.98 Å². The van der Waals surface area contributed by atoms with Gasteiger partial charge in [0.15, 0.2) is 4.90 Å². The predicted molar refractivity (Wildman–Crippen MR) is 134 cm³/mol. The first-order valence-electron chi connectivity index (χ1n) is 12.2. The Bertz CT molecular complexity index is 1290. The molecule has 1 amide bonds. The van der Waals surface area contributed by atoms with Gasteiger partial charge in [-0.1, -0.05) is 13.8 Å². The van der Waals surface area contributed by atoms with Crippen LogP contribution in [0.1, 0.15) is 81.8 Å². The Balaban J connectivity index is 1.99. The predicted octanol–water partition coefficient (Wildman–Crippen LogP) is 4.74. The van der Waals surface area contributed by atoms with Crippen molar-refractivity contribution in [2.24, 2.45) is 5.92 Å². The number of alkyl halides is 3. The third-order valence-corrected chi connectivity index (χ3v) is 8.05. The standard InChI is InChI=1S/C25H33F3N4O4S/c1-5-17(8-6-12-25(26,27)28)19-11-10-18(21(30-19)32-15-16(2)14-24(32,3)4)22(33)31-37(35,36)20-9-7-13-29-23(20)34/h7,9-11,13,16-17H,5-6,8,12,14-15H2,1-4H3,(H,29,34)(H,31,33)/t16-,17+/m0/s1. The summed E-state index contributed by atoms with van der Waals surface area (Å²) in [6.45, 7) is 8.48. The highest BCUT2D eigenvalue weighted by Gasteiger charge is 2.39. The summed E-state index contributed by atoms with van der Waals surface area (Å²) in [6.07, 6.45) is -2.25. The number of sulfonamides is 1. The molecule has 1 aliphatic heterocycles. The van der Waals surface area contributed by atoms with E-state index in [1.807, 2.05) is 30.4 Å². The number of halogens is 3. The number of hydrogen-bond donors (Lipinski definition) is 2. The van der Waals surface area contributed by atoms with Crippen LogP contribution in [0.3, 0.4) is 0 Å². The summed E-state index contributed by atoms with van der Waals surface area (Å²) in [5.41, 5.74) is -0.704. The molecule has 0 radical (unpaired) electrons. The van der Waals surface area contributed by atoms with Gasteiger partial charge in [-0.25, -0.2) is 18.1 Å². The molecule has 0 unspecified atom stereocenters. The van der Waals surface area contributed by atoms with Gasteiger partial charge in [0.25, 0.3) is 21.5 Å². The molecule has 37 heavy (non-hydrogen) atoms. The summed E-state index contributed by atoms with van der Waals surface area (Å²) >= 11 is 0. The molecule has 8 nitrogen and oxygen atoms in total. The summed E-state index contributed by atoms with van der Waals surface area (Å²) in [7, 11) is -4.47. The van der Waals surface area contributed by atoms with Crippen molar-refractivity contribution in [3.05, 3.63) is 52.1 Å². The third kappa shape index (κ3) is 6.91. The summed E-state index contributed by atoms with van der Waals surface area (Å²) in [6, 6.07) is 5.45. The van der Waals surface area contributed by atoms with Crippen LogP contribution in [0.5, 0.6) is 0 Å². The number of pyridine rings is 2. The number of aromatic nitrogens is 2. The molecule has 0 saturated carbocycles. The van der Waals surface area contributed by atoms with Crippen molar-refractivity contribution < 1.29 is 26.4 Å². The zero-order chi connectivity index (χ0) is 27.6. The van der Waals surface area contributed by atoms with E-state index in [0.717, 1.165) is 12.5 Å². The highest BCUT2D eigenvalue weighted by molar-refractivity contribution is 7.90. The van der Waals surface area contributed by atoms with Crippen molar-refractivity contribution in [1.29, 1.82) is 0 Å². The maximum Gasteiger partial charge on any atom is 0.389 e. The molecule has 0 aromatic carbocycles. The fourth-order valence-electron chi connectivity index (χ4n) is 4.99. The molecule has 3 heterocycles. The van der Waals surface area contributed by atoms with Gasteiger partial charge in [-0.15, -0.1) is 0 Å². The van der Waals surface area contributed by atoms with Crippen molar-refractivity contribution >= 4 is 21.7 Å². The second kappa shape index (κ2) is 10.8. The zero-order valence-corrected chi connectivity index (χ0v) is 22.2. The maximum atomic E-state index is 13.3. The quantitative estimate of drug-likeness (QED) is 0.474. The molecule has 3 rings (SSSR count). The van der Waals surface area contributed by atoms with E-state index in [0.29, 0.717) is 18.7 Å². The Morgan fingerprint density at radius 1 is 1.30 bits per heavy atom. The van der Waals surface area contributed by atoms with Crippen molar-refractivity contribution in [1.82, 2.24) is 14.7 Å². The van der Waals surface area contributed by atoms with Crippen LogP contribution in [0.2, 0.25) is 0 Å². The van der Waals surface area contributed by atoms with Crippen LogP contribution in [0, 0.1) is 5.92 Å². The molecule has 1 aliphatic rings. The van der Waals surface area contributed by atoms with E-state index in [1.165, 1.54) is 18.3 Å². The lowest BCUT2D eigenvalue weighted by molar-refractivity contribution is -0.135. The van der Waals surface area contributed by atoms with Gasteiger partial charge in [0.05, 0.1) is 5.56 Å². The molecular formula is C25H33F3N4O4S. The van der Waals surface area contributed by atoms with Crippen LogP contribution in [-0.4, -0.2) is 42.6 Å². The molecule has 0 aliphatic carbocycles. The number of hydrogen-bond acceptors (Lipinski definition) is 6. The molecule has 0 bridgehead atoms. The van der Waals surface area contributed by atoms with E-state index in [2.05, 4.69) is 11.9 Å². The largest absolute Gasteiger partial charge is 0.389 e. The van der Waals surface area contributed by atoms with Gasteiger partial charge in [-0.05, 0) is 69.7 Å². The number of nitrogens with zero attached hydrogens (tertiary/aromatic N) is 2. The van der Waals surface area contributed by atoms with Crippen LogP contribution in [-0.2, 0) is 10.0 Å². The van der Waals surface area contributed by atoms with Gasteiger partial charge >= 0.3 is 6.18 Å². The first kappa shape index (κ1) is 28.7. The van der Waals surface area contributed by atoms with Gasteiger partial charge in [-0.2, -0.15) is 13.2 Å². The number of carbonyl (C=O) groups is 1. The number of anilines is 1. The first-order chi connectivity index (χ1) is 17.1. The average molecular weight is 543 g/mol. The minimum absolute atomic E-state index is 0.00649. The Labute approximate surface area is 214 Å². The van der Waals surface area contributed by atoms with Gasteiger partial charge in [-0.3, -0.25) is 9.59 Å². The smallest absolute Gasteiger partial charge is 0.351 e. The number of nitrogens with one attached hydrogen (secondary N) is 2. The van der Waals surface area contributed by atoms with Crippen LogP contribution < -0.4 is 15.2 Å². The Kier molecular flexibility index (Phi) is 8.40. The first-order valence-corrected chi connectivity index (χ1v) is 13.7. The zero-order valence-electron chi connectivity index (χ0n) is 21.4. The Morgan fingerprint density at radius 2 is 2.00 bits per heavy atom. The van der Waals surface area contributed by atoms with Crippen LogP contribution in [0.15, 0.2) is 40.2 Å². The summed E-state index contributed by atoms with van der Waals surface area (Å²) in [5, 5.41) is 0. The molecular weight excluding hydrogens is 509 g/mol. The van der Waals surface area contributed by atoms with Crippen LogP contribution in [0.4, 0.5) is 19.0 Å². The minimum atomic E-state index is -4.47. The van der Waals surface area contributed by atoms with E-state index in [1.54, 1.807) is 6.07 Å². The van der Waals surface area contributed by atoms with Crippen LogP contribution in [0.25, 0.3) is 0 Å². The summed E-state index contributed by atoms with van der Waals surface area (Å²) in [4.78, 5) is 33.6. The topological polar surface area (TPSA) is 112 Å². The highest BCUT2D eigenvalue weighted by atomic mass is 32.2. The fraction of sp³-hybridized carbons (Fsp3) is 0.560. The van der Waals surface area contributed by atoms with E-state index in [9.17, 15) is 31.2 Å². The highest BCUT2D eigenvalue weighted by Crippen LogP contribution is 2.39. The number of amides is 1. The Morgan fingerprint density at radius 3 is 2.57 bits per heavy atom. The third-order valence-electron chi connectivity index (χ3n) is 6.69. The molecule has 1 saturated heterocycles. The fourth-order valence-corrected chi connectivity index (χ4v) is 6.02. The van der Waals surface area contributed by atoms with Gasteiger partial charge in [0.2, 0.25) is 0 Å². The van der Waals surface area contributed by atoms with Crippen molar-refractivity contribution in [3.8, 4) is 0 Å². The lowest BCUT2D eigenvalue weighted by Gasteiger charge is -2.34. The van der Waals surface area contributed by atoms with Crippen molar-refractivity contribution in [2.75, 3.05) is 11.4 Å². The summed E-state index contributed by atoms with van der Waals surface area (Å²) in [5.74, 6) is -0.654. The Hall–Kier alpha value is -2.89. The van der Waals surface area contributed by atoms with Crippen molar-refractivity contribution in [3.63, 3.8) is 0 Å². The number of rotatable bonds is 9. The normalized spacial score (nSPS) is 18.6. The number of aromatic amines is 1. The molecule has 0 spiro atoms. The second-order valence-electron chi connectivity index (χ2n) is 10.3. The van der Waals surface area contributed by atoms with Gasteiger partial charge in [0, 0.05) is 36.3 Å². The van der Waals surface area contributed by atoms with Gasteiger partial charge in [0.1, 0.15) is 5.82 Å². The minimum Gasteiger partial charge on any atom is -0.351 e. The molecule has 12 heteroatoms. The number of carbonyl (C=O) groups excluding carboxylic acids is 1. The summed E-state index contributed by atoms with van der Waals surface area (Å²) < 4.78 is 65.6. The molecule has 2 atom stereocenters. The van der Waals surface area contributed by atoms with E-state index >= 15 is 0 Å². The number of H-pyrrole nitrogens is 1. The lowest BCUT2D eigenvalue weighted by atomic mass is 9.94. The van der Waals surface area contributed by atoms with E-state index < -0.39 is 44.5 Å². The molecule has 204 valence electrons. The van der Waals surface area contributed by atoms with Crippen molar-refractivity contribution in [2.45, 2.75) is 82.3 Å². The SMILES string of the molecule is CC[C@H](CCCC(F)(F)F)c1ccc(C(=O)NS(=O)(=O)c2ccc[nH]c2=O)c(N2C[C@@H](C)CC2(C)C)n1. The molecule has 1 fully saturated rings. The molecule has 2 aromatic heterocycles. The monoisotopic (exact) mass is 542 g/mol. The maximum absolute atomic E-state index is 13.3. The van der Waals surface area contributed by atoms with E-state index in [-0.39, 0.29) is 36.1 Å². The van der Waals surface area contributed by atoms with Gasteiger partial charge < -0.3 is 9.88 Å². The molecule has 2 aromatic rings. The molecule has 2 N–H and O–H groups in total. The average Bonchev–Trinajstić information content (AvgIpc) is 3.07.